The minimum atomic E-state index is -0.797. The van der Waals surface area contributed by atoms with Gasteiger partial charge in [-0.25, -0.2) is 0 Å². The van der Waals surface area contributed by atoms with Crippen LogP contribution in [0.25, 0.3) is 0 Å². The summed E-state index contributed by atoms with van der Waals surface area (Å²) in [5.41, 5.74) is 5.92. The number of aliphatic hydroxyl groups excluding tert-OH is 1. The molecule has 2 aromatic rings. The van der Waals surface area contributed by atoms with E-state index in [0.29, 0.717) is 46.4 Å². The summed E-state index contributed by atoms with van der Waals surface area (Å²) in [4.78, 5) is 13.1. The van der Waals surface area contributed by atoms with Crippen LogP contribution >= 0.6 is 0 Å². The summed E-state index contributed by atoms with van der Waals surface area (Å²) in [6.45, 7) is 13.5. The topological polar surface area (TPSA) is 87.0 Å². The number of hydrogen-bond donors (Lipinski definition) is 3. The number of aromatic hydroxyl groups is 2. The summed E-state index contributed by atoms with van der Waals surface area (Å²) in [5.74, 6) is 0.578. The SMILES string of the molecule is C=C(C)[C@H](O)Cc1cc([C@@H]2CC(=O)c3ccc(O)c(CC=C(C)C)c3O2)cc(CC=C(C)C)c1O. The fraction of sp³-hybridized carbons (Fsp3) is 0.367. The average molecular weight is 477 g/mol. The number of ether oxygens (including phenoxy) is 1. The van der Waals surface area contributed by atoms with Gasteiger partial charge in [0, 0.05) is 12.0 Å². The van der Waals surface area contributed by atoms with E-state index in [0.717, 1.165) is 16.7 Å². The Balaban J connectivity index is 2.08. The highest BCUT2D eigenvalue weighted by molar-refractivity contribution is 6.00. The van der Waals surface area contributed by atoms with Gasteiger partial charge in [-0.05, 0) is 88.4 Å². The van der Waals surface area contributed by atoms with Gasteiger partial charge in [0.25, 0.3) is 0 Å². The highest BCUT2D eigenvalue weighted by atomic mass is 16.5. The second-order valence-corrected chi connectivity index (χ2v) is 9.90. The van der Waals surface area contributed by atoms with Crippen LogP contribution in [-0.4, -0.2) is 27.2 Å². The molecule has 1 aliphatic rings. The molecule has 2 aromatic carbocycles. The zero-order chi connectivity index (χ0) is 25.9. The molecule has 5 heteroatoms. The smallest absolute Gasteiger partial charge is 0.170 e. The average Bonchev–Trinajstić information content (AvgIpc) is 2.78. The molecule has 35 heavy (non-hydrogen) atoms. The van der Waals surface area contributed by atoms with Crippen LogP contribution in [0.3, 0.4) is 0 Å². The number of rotatable bonds is 8. The number of Topliss-reactive ketones (excluding diaryl/α,β-unsaturated/α-hetero) is 1. The van der Waals surface area contributed by atoms with Gasteiger partial charge in [0.1, 0.15) is 23.4 Å². The molecule has 186 valence electrons. The lowest BCUT2D eigenvalue weighted by Gasteiger charge is -2.28. The first-order chi connectivity index (χ1) is 16.5. The molecule has 1 aliphatic heterocycles. The number of aliphatic hydroxyl groups is 1. The number of ketones is 1. The lowest BCUT2D eigenvalue weighted by Crippen LogP contribution is -2.22. The monoisotopic (exact) mass is 476 g/mol. The number of fused-ring (bicyclic) bond motifs is 1. The van der Waals surface area contributed by atoms with Crippen LogP contribution < -0.4 is 4.74 Å². The van der Waals surface area contributed by atoms with Crippen molar-refractivity contribution in [1.82, 2.24) is 0 Å². The standard InChI is InChI=1S/C30H36O5/c1-17(2)7-9-20-13-21(14-22(29(20)34)15-26(32)19(5)6)28-16-27(33)24-11-12-25(31)23(30(24)35-28)10-8-18(3)4/h7-8,11-14,26,28,31-32,34H,5,9-10,15-16H2,1-4,6H3/t26-,28+/m1/s1. The molecule has 0 bridgehead atoms. The van der Waals surface area contributed by atoms with E-state index < -0.39 is 12.2 Å². The normalized spacial score (nSPS) is 15.6. The van der Waals surface area contributed by atoms with Crippen molar-refractivity contribution < 1.29 is 24.9 Å². The molecule has 0 radical (unpaired) electrons. The molecule has 3 N–H and O–H groups in total. The van der Waals surface area contributed by atoms with Crippen molar-refractivity contribution >= 4 is 5.78 Å². The van der Waals surface area contributed by atoms with Crippen molar-refractivity contribution in [3.63, 3.8) is 0 Å². The number of hydrogen-bond acceptors (Lipinski definition) is 5. The molecular formula is C30H36O5. The molecule has 3 rings (SSSR count). The second kappa shape index (κ2) is 11.0. The minimum Gasteiger partial charge on any atom is -0.508 e. The Bertz CT molecular complexity index is 1190. The molecule has 0 aliphatic carbocycles. The first kappa shape index (κ1) is 26.3. The number of phenols is 2. The molecule has 0 unspecified atom stereocenters. The van der Waals surface area contributed by atoms with Gasteiger partial charge in [0.2, 0.25) is 0 Å². The summed E-state index contributed by atoms with van der Waals surface area (Å²) in [7, 11) is 0. The fourth-order valence-electron chi connectivity index (χ4n) is 4.10. The molecule has 0 aromatic heterocycles. The predicted octanol–water partition coefficient (Wildman–Crippen LogP) is 6.30. The van der Waals surface area contributed by atoms with E-state index in [4.69, 9.17) is 4.74 Å². The number of carbonyl (C=O) groups excluding carboxylic acids is 1. The third kappa shape index (κ3) is 6.23. The second-order valence-electron chi connectivity index (χ2n) is 9.90. The fourth-order valence-corrected chi connectivity index (χ4v) is 4.10. The van der Waals surface area contributed by atoms with Gasteiger partial charge in [-0.2, -0.15) is 0 Å². The van der Waals surface area contributed by atoms with Gasteiger partial charge in [-0.3, -0.25) is 4.79 Å². The molecular weight excluding hydrogens is 440 g/mol. The van der Waals surface area contributed by atoms with E-state index in [2.05, 4.69) is 6.58 Å². The summed E-state index contributed by atoms with van der Waals surface area (Å²) in [5, 5.41) is 31.9. The Morgan fingerprint density at radius 3 is 2.31 bits per heavy atom. The van der Waals surface area contributed by atoms with Crippen LogP contribution in [0.1, 0.15) is 79.8 Å². The zero-order valence-electron chi connectivity index (χ0n) is 21.3. The van der Waals surface area contributed by atoms with Crippen LogP contribution in [0.5, 0.6) is 17.2 Å². The first-order valence-electron chi connectivity index (χ1n) is 12.0. The van der Waals surface area contributed by atoms with Crippen LogP contribution in [0.2, 0.25) is 0 Å². The Morgan fingerprint density at radius 2 is 1.69 bits per heavy atom. The quantitative estimate of drug-likeness (QED) is 0.389. The Kier molecular flexibility index (Phi) is 8.23. The Hall–Kier alpha value is -3.31. The van der Waals surface area contributed by atoms with Gasteiger partial charge >= 0.3 is 0 Å². The third-order valence-corrected chi connectivity index (χ3v) is 6.26. The minimum absolute atomic E-state index is 0.0582. The molecule has 0 saturated heterocycles. The van der Waals surface area contributed by atoms with Gasteiger partial charge in [0.05, 0.1) is 18.1 Å². The van der Waals surface area contributed by atoms with E-state index in [1.807, 2.05) is 45.9 Å². The Labute approximate surface area is 208 Å². The maximum Gasteiger partial charge on any atom is 0.170 e. The van der Waals surface area contributed by atoms with E-state index in [9.17, 15) is 20.1 Å². The van der Waals surface area contributed by atoms with Gasteiger partial charge in [0.15, 0.2) is 5.78 Å². The molecule has 5 nitrogen and oxygen atoms in total. The highest BCUT2D eigenvalue weighted by Crippen LogP contribution is 2.42. The molecule has 0 fully saturated rings. The third-order valence-electron chi connectivity index (χ3n) is 6.26. The molecule has 0 spiro atoms. The maximum absolute atomic E-state index is 13.1. The number of carbonyl (C=O) groups is 1. The summed E-state index contributed by atoms with van der Waals surface area (Å²) in [6, 6.07) is 6.83. The van der Waals surface area contributed by atoms with Crippen molar-refractivity contribution in [2.75, 3.05) is 0 Å². The largest absolute Gasteiger partial charge is 0.508 e. The van der Waals surface area contributed by atoms with Crippen molar-refractivity contribution in [2.24, 2.45) is 0 Å². The number of phenolic OH excluding ortho intramolecular Hbond substituents is 2. The Morgan fingerprint density at radius 1 is 1.06 bits per heavy atom. The van der Waals surface area contributed by atoms with Gasteiger partial charge in [-0.15, -0.1) is 0 Å². The molecule has 1 heterocycles. The zero-order valence-corrected chi connectivity index (χ0v) is 21.3. The summed E-state index contributed by atoms with van der Waals surface area (Å²) < 4.78 is 6.37. The number of benzene rings is 2. The van der Waals surface area contributed by atoms with Gasteiger partial charge in [-0.1, -0.05) is 35.5 Å². The van der Waals surface area contributed by atoms with Crippen LogP contribution in [-0.2, 0) is 19.3 Å². The van der Waals surface area contributed by atoms with E-state index in [-0.39, 0.29) is 30.1 Å². The summed E-state index contributed by atoms with van der Waals surface area (Å²) >= 11 is 0. The maximum atomic E-state index is 13.1. The predicted molar refractivity (Wildman–Crippen MR) is 139 cm³/mol. The molecule has 0 amide bonds. The summed E-state index contributed by atoms with van der Waals surface area (Å²) in [6.07, 6.45) is 3.97. The lowest BCUT2D eigenvalue weighted by atomic mass is 9.89. The van der Waals surface area contributed by atoms with Crippen molar-refractivity contribution in [3.8, 4) is 17.2 Å². The van der Waals surface area contributed by atoms with E-state index in [1.54, 1.807) is 25.1 Å². The van der Waals surface area contributed by atoms with Crippen LogP contribution in [0.4, 0.5) is 0 Å². The van der Waals surface area contributed by atoms with E-state index >= 15 is 0 Å². The van der Waals surface area contributed by atoms with Crippen molar-refractivity contribution in [3.05, 3.63) is 87.5 Å². The van der Waals surface area contributed by atoms with E-state index in [1.165, 1.54) is 0 Å². The molecule has 2 atom stereocenters. The van der Waals surface area contributed by atoms with Crippen molar-refractivity contribution in [1.29, 1.82) is 0 Å². The number of allylic oxidation sites excluding steroid dienone is 4. The van der Waals surface area contributed by atoms with Crippen molar-refractivity contribution in [2.45, 2.75) is 72.5 Å². The molecule has 0 saturated carbocycles. The first-order valence-corrected chi connectivity index (χ1v) is 12.0. The highest BCUT2D eigenvalue weighted by Gasteiger charge is 2.31. The van der Waals surface area contributed by atoms with Crippen LogP contribution in [0.15, 0.2) is 59.7 Å². The van der Waals surface area contributed by atoms with Gasteiger partial charge < -0.3 is 20.1 Å². The lowest BCUT2D eigenvalue weighted by molar-refractivity contribution is 0.0847. The van der Waals surface area contributed by atoms with Crippen LogP contribution in [0, 0.1) is 0 Å².